The van der Waals surface area contributed by atoms with Crippen LogP contribution in [0.5, 0.6) is 5.75 Å². The summed E-state index contributed by atoms with van der Waals surface area (Å²) < 4.78 is 5.61. The van der Waals surface area contributed by atoms with Crippen LogP contribution in [-0.2, 0) is 4.79 Å². The Bertz CT molecular complexity index is 534. The third-order valence-corrected chi connectivity index (χ3v) is 4.46. The first-order valence-corrected chi connectivity index (χ1v) is 8.95. The van der Waals surface area contributed by atoms with Crippen molar-refractivity contribution < 1.29 is 14.3 Å². The molecule has 1 N–H and O–H groups in total. The maximum Gasteiger partial charge on any atom is 0.321 e. The molecule has 5 heteroatoms. The second kappa shape index (κ2) is 9.30. The summed E-state index contributed by atoms with van der Waals surface area (Å²) in [5.41, 5.74) is 0.759. The van der Waals surface area contributed by atoms with Gasteiger partial charge in [0.1, 0.15) is 11.5 Å². The summed E-state index contributed by atoms with van der Waals surface area (Å²) >= 11 is 0. The Morgan fingerprint density at radius 3 is 2.42 bits per heavy atom. The Labute approximate surface area is 144 Å². The summed E-state index contributed by atoms with van der Waals surface area (Å²) in [5, 5.41) is 2.91. The van der Waals surface area contributed by atoms with Gasteiger partial charge in [0.05, 0.1) is 6.61 Å². The first-order chi connectivity index (χ1) is 11.6. The van der Waals surface area contributed by atoms with E-state index < -0.39 is 0 Å². The number of carbonyl (C=O) groups is 2. The maximum atomic E-state index is 12.3. The van der Waals surface area contributed by atoms with Crippen molar-refractivity contribution in [2.75, 3.05) is 25.0 Å². The fourth-order valence-corrected chi connectivity index (χ4v) is 2.86. The van der Waals surface area contributed by atoms with Gasteiger partial charge in [0, 0.05) is 31.1 Å². The molecule has 132 valence electrons. The molecule has 24 heavy (non-hydrogen) atoms. The molecule has 1 fully saturated rings. The summed E-state index contributed by atoms with van der Waals surface area (Å²) in [6.07, 6.45) is 4.27. The topological polar surface area (TPSA) is 58.6 Å². The molecular formula is C19H28N2O3. The normalized spacial score (nSPS) is 15.2. The number of urea groups is 1. The van der Waals surface area contributed by atoms with E-state index in [0.29, 0.717) is 31.9 Å². The third kappa shape index (κ3) is 5.25. The molecule has 0 spiro atoms. The zero-order valence-electron chi connectivity index (χ0n) is 14.7. The van der Waals surface area contributed by atoms with Crippen LogP contribution >= 0.6 is 0 Å². The first-order valence-electron chi connectivity index (χ1n) is 8.95. The van der Waals surface area contributed by atoms with Gasteiger partial charge < -0.3 is 15.0 Å². The van der Waals surface area contributed by atoms with Crippen LogP contribution in [0.1, 0.15) is 46.0 Å². The SMILES string of the molecule is CCCCOc1ccc(NC(=O)N2CCC(C(=O)CC)CC2)cc1. The standard InChI is InChI=1S/C19H28N2O3/c1-3-5-14-24-17-8-6-16(7-9-17)20-19(23)21-12-10-15(11-13-21)18(22)4-2/h6-9,15H,3-5,10-14H2,1-2H3,(H,20,23). The number of likely N-dealkylation sites (tertiary alicyclic amines) is 1. The van der Waals surface area contributed by atoms with Gasteiger partial charge in [0.15, 0.2) is 0 Å². The van der Waals surface area contributed by atoms with Gasteiger partial charge >= 0.3 is 6.03 Å². The predicted octanol–water partition coefficient (Wildman–Crippen LogP) is 4.09. The number of amides is 2. The zero-order valence-corrected chi connectivity index (χ0v) is 14.7. The minimum Gasteiger partial charge on any atom is -0.494 e. The van der Waals surface area contributed by atoms with Crippen LogP contribution in [-0.4, -0.2) is 36.4 Å². The van der Waals surface area contributed by atoms with Crippen LogP contribution in [0.25, 0.3) is 0 Å². The van der Waals surface area contributed by atoms with Gasteiger partial charge in [-0.25, -0.2) is 4.79 Å². The second-order valence-corrected chi connectivity index (χ2v) is 6.24. The number of anilines is 1. The highest BCUT2D eigenvalue weighted by atomic mass is 16.5. The molecule has 1 aliphatic heterocycles. The summed E-state index contributed by atoms with van der Waals surface area (Å²) in [6, 6.07) is 7.35. The lowest BCUT2D eigenvalue weighted by atomic mass is 9.91. The number of Topliss-reactive ketones (excluding diaryl/α,β-unsaturated/α-hetero) is 1. The number of hydrogen-bond donors (Lipinski definition) is 1. The van der Waals surface area contributed by atoms with Gasteiger partial charge in [-0.1, -0.05) is 20.3 Å². The number of nitrogens with one attached hydrogen (secondary N) is 1. The number of carbonyl (C=O) groups excluding carboxylic acids is 2. The highest BCUT2D eigenvalue weighted by molar-refractivity contribution is 5.89. The molecule has 2 rings (SSSR count). The Morgan fingerprint density at radius 2 is 1.83 bits per heavy atom. The predicted molar refractivity (Wildman–Crippen MR) is 95.5 cm³/mol. The molecule has 5 nitrogen and oxygen atoms in total. The van der Waals surface area contributed by atoms with Crippen LogP contribution in [0.2, 0.25) is 0 Å². The number of ether oxygens (including phenoxy) is 1. The summed E-state index contributed by atoms with van der Waals surface area (Å²) in [4.78, 5) is 25.8. The third-order valence-electron chi connectivity index (χ3n) is 4.46. The number of unbranched alkanes of at least 4 members (excludes halogenated alkanes) is 1. The molecule has 0 aromatic heterocycles. The summed E-state index contributed by atoms with van der Waals surface area (Å²) in [5.74, 6) is 1.26. The fraction of sp³-hybridized carbons (Fsp3) is 0.579. The Balaban J connectivity index is 1.79. The second-order valence-electron chi connectivity index (χ2n) is 6.24. The molecule has 0 atom stereocenters. The van der Waals surface area contributed by atoms with Gasteiger partial charge in [-0.05, 0) is 43.5 Å². The zero-order chi connectivity index (χ0) is 17.4. The van der Waals surface area contributed by atoms with Crippen molar-refractivity contribution in [3.05, 3.63) is 24.3 Å². The molecule has 0 aliphatic carbocycles. The molecule has 1 saturated heterocycles. The average Bonchev–Trinajstić information content (AvgIpc) is 2.63. The molecule has 0 radical (unpaired) electrons. The van der Waals surface area contributed by atoms with Crippen LogP contribution < -0.4 is 10.1 Å². The van der Waals surface area contributed by atoms with Crippen molar-refractivity contribution in [2.24, 2.45) is 5.92 Å². The van der Waals surface area contributed by atoms with Crippen molar-refractivity contribution >= 4 is 17.5 Å². The molecule has 2 amide bonds. The molecule has 1 aromatic carbocycles. The van der Waals surface area contributed by atoms with Gasteiger partial charge in [0.2, 0.25) is 0 Å². The van der Waals surface area contributed by atoms with Crippen molar-refractivity contribution in [1.29, 1.82) is 0 Å². The van der Waals surface area contributed by atoms with Gasteiger partial charge in [-0.3, -0.25) is 4.79 Å². The fourth-order valence-electron chi connectivity index (χ4n) is 2.86. The van der Waals surface area contributed by atoms with E-state index in [-0.39, 0.29) is 11.9 Å². The smallest absolute Gasteiger partial charge is 0.321 e. The van der Waals surface area contributed by atoms with Crippen molar-refractivity contribution in [3.8, 4) is 5.75 Å². The highest BCUT2D eigenvalue weighted by Gasteiger charge is 2.26. The van der Waals surface area contributed by atoms with Crippen LogP contribution in [0.4, 0.5) is 10.5 Å². The Morgan fingerprint density at radius 1 is 1.17 bits per heavy atom. The molecule has 0 bridgehead atoms. The van der Waals surface area contributed by atoms with Crippen molar-refractivity contribution in [3.63, 3.8) is 0 Å². The van der Waals surface area contributed by atoms with E-state index in [1.165, 1.54) is 0 Å². The number of benzene rings is 1. The molecule has 0 unspecified atom stereocenters. The average molecular weight is 332 g/mol. The van der Waals surface area contributed by atoms with Crippen LogP contribution in [0.15, 0.2) is 24.3 Å². The van der Waals surface area contributed by atoms with E-state index in [1.807, 2.05) is 31.2 Å². The summed E-state index contributed by atoms with van der Waals surface area (Å²) in [6.45, 7) is 6.02. The van der Waals surface area contributed by atoms with Crippen molar-refractivity contribution in [1.82, 2.24) is 4.90 Å². The molecule has 1 aromatic rings. The van der Waals surface area contributed by atoms with E-state index in [1.54, 1.807) is 4.90 Å². The lowest BCUT2D eigenvalue weighted by molar-refractivity contribution is -0.123. The first kappa shape index (κ1) is 18.3. The van der Waals surface area contributed by atoms with E-state index >= 15 is 0 Å². The Kier molecular flexibility index (Phi) is 7.09. The number of nitrogens with zero attached hydrogens (tertiary/aromatic N) is 1. The van der Waals surface area contributed by atoms with E-state index in [2.05, 4.69) is 12.2 Å². The van der Waals surface area contributed by atoms with E-state index in [9.17, 15) is 9.59 Å². The minimum atomic E-state index is -0.1000. The number of hydrogen-bond acceptors (Lipinski definition) is 3. The summed E-state index contributed by atoms with van der Waals surface area (Å²) in [7, 11) is 0. The van der Waals surface area contributed by atoms with Crippen LogP contribution in [0, 0.1) is 5.92 Å². The number of rotatable bonds is 7. The quantitative estimate of drug-likeness (QED) is 0.765. The van der Waals surface area contributed by atoms with Crippen molar-refractivity contribution in [2.45, 2.75) is 46.0 Å². The van der Waals surface area contributed by atoms with E-state index in [0.717, 1.165) is 37.1 Å². The van der Waals surface area contributed by atoms with Gasteiger partial charge in [-0.2, -0.15) is 0 Å². The lowest BCUT2D eigenvalue weighted by Crippen LogP contribution is -2.42. The highest BCUT2D eigenvalue weighted by Crippen LogP contribution is 2.21. The molecule has 0 saturated carbocycles. The maximum absolute atomic E-state index is 12.3. The van der Waals surface area contributed by atoms with E-state index in [4.69, 9.17) is 4.74 Å². The molecule has 1 aliphatic rings. The monoisotopic (exact) mass is 332 g/mol. The lowest BCUT2D eigenvalue weighted by Gasteiger charge is -2.31. The van der Waals surface area contributed by atoms with Crippen LogP contribution in [0.3, 0.4) is 0 Å². The Hall–Kier alpha value is -2.04. The molecular weight excluding hydrogens is 304 g/mol. The largest absolute Gasteiger partial charge is 0.494 e. The van der Waals surface area contributed by atoms with Gasteiger partial charge in [-0.15, -0.1) is 0 Å². The minimum absolute atomic E-state index is 0.1000. The van der Waals surface area contributed by atoms with Gasteiger partial charge in [0.25, 0.3) is 0 Å². The number of piperidine rings is 1. The number of ketones is 1. The molecule has 1 heterocycles.